The second-order valence-electron chi connectivity index (χ2n) is 10.6. The highest BCUT2D eigenvalue weighted by atomic mass is 19.1. The highest BCUT2D eigenvalue weighted by molar-refractivity contribution is 6.01. The lowest BCUT2D eigenvalue weighted by Gasteiger charge is -2.35. The summed E-state index contributed by atoms with van der Waals surface area (Å²) in [6, 6.07) is 7.52. The zero-order valence-electron chi connectivity index (χ0n) is 22.1. The fourth-order valence-electron chi connectivity index (χ4n) is 5.19. The number of nitriles is 1. The largest absolute Gasteiger partial charge is 0.472 e. The van der Waals surface area contributed by atoms with Crippen molar-refractivity contribution >= 4 is 29.4 Å². The molecule has 2 N–H and O–H groups in total. The van der Waals surface area contributed by atoms with E-state index in [1.807, 2.05) is 0 Å². The first-order valence-corrected chi connectivity index (χ1v) is 13.1. The molecule has 12 heteroatoms. The van der Waals surface area contributed by atoms with Gasteiger partial charge in [-0.3, -0.25) is 19.2 Å². The van der Waals surface area contributed by atoms with Crippen LogP contribution in [0, 0.1) is 23.1 Å². The van der Waals surface area contributed by atoms with Gasteiger partial charge in [-0.25, -0.2) is 9.37 Å². The molecule has 1 spiro atoms. The second kappa shape index (κ2) is 10.6. The number of nitrogens with zero attached hydrogens (tertiary/aromatic N) is 4. The second-order valence-corrected chi connectivity index (χ2v) is 10.6. The number of fused-ring (bicyclic) bond motifs is 1. The SMILES string of the molecule is CC(NC(=O)c1ccc(F)cc1)C(=O)N(C)C(CC1CC1)C(=O)N1CC2(CC1C#N)Oc1cccnc1NC2=O. The van der Waals surface area contributed by atoms with Crippen LogP contribution in [0.15, 0.2) is 42.6 Å². The van der Waals surface area contributed by atoms with Crippen molar-refractivity contribution in [3.63, 3.8) is 0 Å². The molecule has 2 aromatic rings. The summed E-state index contributed by atoms with van der Waals surface area (Å²) in [6.45, 7) is 1.35. The van der Waals surface area contributed by atoms with Gasteiger partial charge in [0.05, 0.1) is 12.6 Å². The van der Waals surface area contributed by atoms with E-state index in [-0.39, 0.29) is 30.3 Å². The molecule has 5 rings (SSSR count). The number of likely N-dealkylation sites (N-methyl/N-ethyl adjacent to an activating group) is 1. The molecule has 2 aliphatic heterocycles. The summed E-state index contributed by atoms with van der Waals surface area (Å²) in [4.78, 5) is 59.7. The van der Waals surface area contributed by atoms with Crippen LogP contribution in [-0.4, -0.2) is 75.7 Å². The molecule has 1 aromatic carbocycles. The summed E-state index contributed by atoms with van der Waals surface area (Å²) in [6.07, 6.45) is 3.71. The zero-order chi connectivity index (χ0) is 28.6. The van der Waals surface area contributed by atoms with Gasteiger partial charge in [0.25, 0.3) is 11.8 Å². The van der Waals surface area contributed by atoms with E-state index in [2.05, 4.69) is 21.7 Å². The summed E-state index contributed by atoms with van der Waals surface area (Å²) in [5.74, 6) is -1.63. The predicted octanol–water partition coefficient (Wildman–Crippen LogP) is 1.86. The molecule has 0 bridgehead atoms. The molecule has 4 unspecified atom stereocenters. The lowest BCUT2D eigenvalue weighted by Crippen LogP contribution is -2.57. The number of hydrogen-bond acceptors (Lipinski definition) is 7. The first-order valence-electron chi connectivity index (χ1n) is 13.1. The number of aromatic nitrogens is 1. The molecule has 4 atom stereocenters. The Kier molecular flexibility index (Phi) is 7.14. The van der Waals surface area contributed by atoms with Crippen molar-refractivity contribution in [1.29, 1.82) is 5.26 Å². The number of carbonyl (C=O) groups excluding carboxylic acids is 4. The number of rotatable bonds is 7. The number of hydrogen-bond donors (Lipinski definition) is 2. The fraction of sp³-hybridized carbons (Fsp3) is 0.429. The predicted molar refractivity (Wildman–Crippen MR) is 139 cm³/mol. The van der Waals surface area contributed by atoms with Crippen LogP contribution in [0.4, 0.5) is 10.2 Å². The van der Waals surface area contributed by atoms with E-state index >= 15 is 0 Å². The topological polar surface area (TPSA) is 145 Å². The van der Waals surface area contributed by atoms with Crippen molar-refractivity contribution in [3.8, 4) is 11.8 Å². The number of nitrogens with one attached hydrogen (secondary N) is 2. The smallest absolute Gasteiger partial charge is 0.271 e. The highest BCUT2D eigenvalue weighted by Crippen LogP contribution is 2.40. The van der Waals surface area contributed by atoms with Crippen molar-refractivity contribution in [2.75, 3.05) is 18.9 Å². The number of carbonyl (C=O) groups is 4. The van der Waals surface area contributed by atoms with Crippen LogP contribution in [-0.2, 0) is 14.4 Å². The maximum atomic E-state index is 14.0. The van der Waals surface area contributed by atoms with Crippen molar-refractivity contribution in [3.05, 3.63) is 54.0 Å². The van der Waals surface area contributed by atoms with Crippen LogP contribution in [0.3, 0.4) is 0 Å². The Morgan fingerprint density at radius 3 is 2.70 bits per heavy atom. The van der Waals surface area contributed by atoms with Gasteiger partial charge in [0.1, 0.15) is 23.9 Å². The van der Waals surface area contributed by atoms with Crippen molar-refractivity contribution in [1.82, 2.24) is 20.1 Å². The molecule has 1 saturated carbocycles. The first kappa shape index (κ1) is 27.1. The minimum absolute atomic E-state index is 0.0344. The zero-order valence-corrected chi connectivity index (χ0v) is 22.1. The summed E-state index contributed by atoms with van der Waals surface area (Å²) in [7, 11) is 1.49. The Balaban J connectivity index is 1.33. The van der Waals surface area contributed by atoms with Crippen LogP contribution in [0.5, 0.6) is 5.75 Å². The summed E-state index contributed by atoms with van der Waals surface area (Å²) in [5, 5.41) is 15.2. The molecule has 40 heavy (non-hydrogen) atoms. The van der Waals surface area contributed by atoms with E-state index in [1.165, 1.54) is 42.1 Å². The van der Waals surface area contributed by atoms with Gasteiger partial charge in [-0.1, -0.05) is 12.8 Å². The minimum atomic E-state index is -1.46. The Morgan fingerprint density at radius 1 is 1.30 bits per heavy atom. The van der Waals surface area contributed by atoms with Gasteiger partial charge in [-0.2, -0.15) is 5.26 Å². The van der Waals surface area contributed by atoms with E-state index in [0.29, 0.717) is 12.2 Å². The third-order valence-corrected chi connectivity index (χ3v) is 7.66. The number of pyridine rings is 1. The summed E-state index contributed by atoms with van der Waals surface area (Å²) < 4.78 is 19.3. The van der Waals surface area contributed by atoms with Crippen LogP contribution >= 0.6 is 0 Å². The Morgan fingerprint density at radius 2 is 2.02 bits per heavy atom. The molecular weight excluding hydrogens is 519 g/mol. The van der Waals surface area contributed by atoms with Crippen molar-refractivity contribution in [2.45, 2.75) is 56.3 Å². The average Bonchev–Trinajstić information content (AvgIpc) is 3.70. The summed E-state index contributed by atoms with van der Waals surface area (Å²) >= 11 is 0. The number of benzene rings is 1. The maximum Gasteiger partial charge on any atom is 0.271 e. The lowest BCUT2D eigenvalue weighted by atomic mass is 9.97. The molecule has 1 aromatic heterocycles. The van der Waals surface area contributed by atoms with E-state index in [0.717, 1.165) is 25.0 Å². The molecule has 1 saturated heterocycles. The van der Waals surface area contributed by atoms with Gasteiger partial charge in [0.2, 0.25) is 17.4 Å². The van der Waals surface area contributed by atoms with Crippen molar-refractivity contribution in [2.24, 2.45) is 5.92 Å². The normalized spacial score (nSPS) is 22.8. The first-order chi connectivity index (χ1) is 19.1. The van der Waals surface area contributed by atoms with E-state index < -0.39 is 53.2 Å². The minimum Gasteiger partial charge on any atom is -0.472 e. The molecular formula is C28H29FN6O5. The molecule has 2 fully saturated rings. The quantitative estimate of drug-likeness (QED) is 0.537. The van der Waals surface area contributed by atoms with E-state index in [9.17, 15) is 28.8 Å². The number of halogens is 1. The van der Waals surface area contributed by atoms with Gasteiger partial charge in [0.15, 0.2) is 11.6 Å². The van der Waals surface area contributed by atoms with Crippen LogP contribution < -0.4 is 15.4 Å². The standard InChI is InChI=1S/C28H29FN6O5/c1-16(32-24(36)18-7-9-19(29)10-8-18)25(37)34(2)21(12-17-5-6-17)26(38)35-15-28(13-20(35)14-30)27(39)33-23-22(40-28)4-3-11-31-23/h3-4,7-11,16-17,20-21H,5-6,12-13,15H2,1-2H3,(H,32,36)(H,31,33,39). The molecule has 11 nitrogen and oxygen atoms in total. The lowest BCUT2D eigenvalue weighted by molar-refractivity contribution is -0.146. The molecule has 3 aliphatic rings. The number of likely N-dealkylation sites (tertiary alicyclic amines) is 1. The molecule has 0 radical (unpaired) electrons. The van der Waals surface area contributed by atoms with E-state index in [1.54, 1.807) is 12.1 Å². The Bertz CT molecular complexity index is 1390. The van der Waals surface area contributed by atoms with Gasteiger partial charge < -0.3 is 25.2 Å². The highest BCUT2D eigenvalue weighted by Gasteiger charge is 2.56. The number of amides is 4. The third kappa shape index (κ3) is 5.19. The molecule has 208 valence electrons. The summed E-state index contributed by atoms with van der Waals surface area (Å²) in [5.41, 5.74) is -1.27. The van der Waals surface area contributed by atoms with Crippen LogP contribution in [0.2, 0.25) is 0 Å². The Labute approximate surface area is 230 Å². The number of anilines is 1. The molecule has 4 amide bonds. The van der Waals surface area contributed by atoms with Gasteiger partial charge in [0, 0.05) is 25.2 Å². The van der Waals surface area contributed by atoms with E-state index in [4.69, 9.17) is 4.74 Å². The third-order valence-electron chi connectivity index (χ3n) is 7.66. The monoisotopic (exact) mass is 548 g/mol. The molecule has 3 heterocycles. The van der Waals surface area contributed by atoms with Gasteiger partial charge in [-0.05, 0) is 55.7 Å². The van der Waals surface area contributed by atoms with Gasteiger partial charge >= 0.3 is 0 Å². The number of ether oxygens (including phenoxy) is 1. The van der Waals surface area contributed by atoms with Crippen LogP contribution in [0.1, 0.15) is 43.0 Å². The average molecular weight is 549 g/mol. The maximum absolute atomic E-state index is 14.0. The van der Waals surface area contributed by atoms with Crippen LogP contribution in [0.25, 0.3) is 0 Å². The van der Waals surface area contributed by atoms with Gasteiger partial charge in [-0.15, -0.1) is 0 Å². The Hall–Kier alpha value is -4.53. The van der Waals surface area contributed by atoms with Crippen molar-refractivity contribution < 1.29 is 28.3 Å². The molecule has 1 aliphatic carbocycles. The fourth-order valence-corrected chi connectivity index (χ4v) is 5.19.